The lowest BCUT2D eigenvalue weighted by Crippen LogP contribution is -2.22. The molecule has 3 N–H and O–H groups in total. The average Bonchev–Trinajstić information content (AvgIpc) is 2.40. The number of carbonyl (C=O) groups is 2. The van der Waals surface area contributed by atoms with E-state index >= 15 is 0 Å². The van der Waals surface area contributed by atoms with Crippen molar-refractivity contribution < 1.29 is 14.7 Å². The van der Waals surface area contributed by atoms with Crippen molar-refractivity contribution in [1.82, 2.24) is 15.0 Å². The Morgan fingerprint density at radius 3 is 2.37 bits per heavy atom. The molecule has 2 aromatic heterocycles. The molecule has 0 atom stereocenters. The second kappa shape index (κ2) is 5.54. The molecule has 2 amide bonds. The predicted molar refractivity (Wildman–Crippen MR) is 65.9 cm³/mol. The fraction of sp³-hybridized carbons (Fsp3) is 0. The number of carbonyl (C=O) groups excluding carboxylic acids is 1. The maximum atomic E-state index is 11.6. The van der Waals surface area contributed by atoms with E-state index in [-0.39, 0.29) is 17.3 Å². The quantitative estimate of drug-likeness (QED) is 0.762. The lowest BCUT2D eigenvalue weighted by atomic mass is 10.3. The van der Waals surface area contributed by atoms with Crippen LogP contribution in [0.25, 0.3) is 0 Å². The van der Waals surface area contributed by atoms with Gasteiger partial charge in [-0.1, -0.05) is 0 Å². The maximum Gasteiger partial charge on any atom is 0.356 e. The van der Waals surface area contributed by atoms with Gasteiger partial charge in [-0.3, -0.25) is 5.32 Å². The summed E-state index contributed by atoms with van der Waals surface area (Å²) in [6.07, 6.45) is 4.26. The molecule has 2 rings (SSSR count). The second-order valence-electron chi connectivity index (χ2n) is 3.36. The molecule has 0 aromatic carbocycles. The Bertz CT molecular complexity index is 602. The van der Waals surface area contributed by atoms with Gasteiger partial charge in [0.25, 0.3) is 0 Å². The third-order valence-corrected chi connectivity index (χ3v) is 2.05. The van der Waals surface area contributed by atoms with Crippen LogP contribution in [0.4, 0.5) is 16.4 Å². The Hall–Kier alpha value is -3.03. The Morgan fingerprint density at radius 1 is 1.00 bits per heavy atom. The summed E-state index contributed by atoms with van der Waals surface area (Å²) < 4.78 is 0. The summed E-state index contributed by atoms with van der Waals surface area (Å²) in [4.78, 5) is 33.8. The first-order valence-corrected chi connectivity index (χ1v) is 5.20. The molecule has 96 valence electrons. The second-order valence-corrected chi connectivity index (χ2v) is 3.36. The molecule has 0 unspecified atom stereocenters. The summed E-state index contributed by atoms with van der Waals surface area (Å²) in [6.45, 7) is 0. The molecular weight excluding hydrogens is 250 g/mol. The highest BCUT2D eigenvalue weighted by atomic mass is 16.4. The minimum atomic E-state index is -1.23. The number of anilines is 2. The number of aromatic carboxylic acids is 1. The van der Waals surface area contributed by atoms with Crippen LogP contribution in [0.3, 0.4) is 0 Å². The van der Waals surface area contributed by atoms with Gasteiger partial charge in [0.2, 0.25) is 5.95 Å². The molecule has 2 heterocycles. The molecule has 0 saturated carbocycles. The van der Waals surface area contributed by atoms with Gasteiger partial charge in [-0.2, -0.15) is 0 Å². The van der Waals surface area contributed by atoms with Crippen molar-refractivity contribution in [2.24, 2.45) is 0 Å². The fourth-order valence-electron chi connectivity index (χ4n) is 1.30. The first-order chi connectivity index (χ1) is 9.16. The third kappa shape index (κ3) is 3.22. The summed E-state index contributed by atoms with van der Waals surface area (Å²) in [5, 5.41) is 13.6. The van der Waals surface area contributed by atoms with Gasteiger partial charge in [0, 0.05) is 18.6 Å². The van der Waals surface area contributed by atoms with Crippen molar-refractivity contribution in [3.8, 4) is 0 Å². The fourth-order valence-corrected chi connectivity index (χ4v) is 1.30. The van der Waals surface area contributed by atoms with E-state index in [1.54, 1.807) is 6.07 Å². The van der Waals surface area contributed by atoms with E-state index in [0.717, 1.165) is 0 Å². The summed E-state index contributed by atoms with van der Waals surface area (Å²) in [5.74, 6) is -1.12. The number of carboxylic acids is 1. The average molecular weight is 259 g/mol. The smallest absolute Gasteiger partial charge is 0.356 e. The molecule has 0 aliphatic heterocycles. The molecule has 0 radical (unpaired) electrons. The molecular formula is C11H9N5O3. The van der Waals surface area contributed by atoms with Crippen molar-refractivity contribution in [3.63, 3.8) is 0 Å². The van der Waals surface area contributed by atoms with Crippen LogP contribution in [0.2, 0.25) is 0 Å². The van der Waals surface area contributed by atoms with Crippen LogP contribution < -0.4 is 10.6 Å². The van der Waals surface area contributed by atoms with E-state index in [1.165, 1.54) is 30.7 Å². The molecule has 8 heteroatoms. The highest BCUT2D eigenvalue weighted by Crippen LogP contribution is 2.12. The van der Waals surface area contributed by atoms with Gasteiger partial charge < -0.3 is 10.4 Å². The molecule has 0 bridgehead atoms. The summed E-state index contributed by atoms with van der Waals surface area (Å²) in [5.41, 5.74) is -0.157. The first-order valence-electron chi connectivity index (χ1n) is 5.20. The van der Waals surface area contributed by atoms with Crippen LogP contribution in [0.1, 0.15) is 10.5 Å². The molecule has 0 fully saturated rings. The molecule has 0 aliphatic carbocycles. The van der Waals surface area contributed by atoms with Crippen LogP contribution in [0.5, 0.6) is 0 Å². The standard InChI is InChI=1S/C11H9N5O3/c17-9(18)8-7(3-1-4-12-8)15-11(19)16-10-13-5-2-6-14-10/h1-6H,(H,17,18)(H2,13,14,15,16,19). The maximum absolute atomic E-state index is 11.6. The normalized spacial score (nSPS) is 9.68. The van der Waals surface area contributed by atoms with E-state index in [4.69, 9.17) is 5.11 Å². The van der Waals surface area contributed by atoms with Gasteiger partial charge in [0.1, 0.15) is 0 Å². The van der Waals surface area contributed by atoms with E-state index in [1.807, 2.05) is 0 Å². The van der Waals surface area contributed by atoms with Crippen LogP contribution in [-0.4, -0.2) is 32.1 Å². The van der Waals surface area contributed by atoms with Gasteiger partial charge in [-0.25, -0.2) is 24.5 Å². The highest BCUT2D eigenvalue weighted by Gasteiger charge is 2.13. The Morgan fingerprint density at radius 2 is 1.68 bits per heavy atom. The minimum Gasteiger partial charge on any atom is -0.476 e. The van der Waals surface area contributed by atoms with Crippen molar-refractivity contribution in [3.05, 3.63) is 42.5 Å². The number of carboxylic acid groups (broad SMARTS) is 1. The highest BCUT2D eigenvalue weighted by molar-refractivity contribution is 6.03. The van der Waals surface area contributed by atoms with Crippen LogP contribution in [0, 0.1) is 0 Å². The topological polar surface area (TPSA) is 117 Å². The number of nitrogens with zero attached hydrogens (tertiary/aromatic N) is 3. The van der Waals surface area contributed by atoms with Gasteiger partial charge in [0.05, 0.1) is 5.69 Å². The van der Waals surface area contributed by atoms with Crippen molar-refractivity contribution in [2.45, 2.75) is 0 Å². The Labute approximate surface area is 107 Å². The molecule has 2 aromatic rings. The zero-order chi connectivity index (χ0) is 13.7. The first kappa shape index (κ1) is 12.4. The lowest BCUT2D eigenvalue weighted by molar-refractivity contribution is 0.0692. The zero-order valence-electron chi connectivity index (χ0n) is 9.57. The van der Waals surface area contributed by atoms with Crippen molar-refractivity contribution in [1.29, 1.82) is 0 Å². The van der Waals surface area contributed by atoms with Crippen molar-refractivity contribution in [2.75, 3.05) is 10.6 Å². The summed E-state index contributed by atoms with van der Waals surface area (Å²) in [7, 11) is 0. The number of rotatable bonds is 3. The van der Waals surface area contributed by atoms with E-state index in [2.05, 4.69) is 25.6 Å². The number of amides is 2. The predicted octanol–water partition coefficient (Wildman–Crippen LogP) is 1.21. The summed E-state index contributed by atoms with van der Waals surface area (Å²) in [6, 6.07) is 3.90. The van der Waals surface area contributed by atoms with E-state index in [9.17, 15) is 9.59 Å². The van der Waals surface area contributed by atoms with Crippen LogP contribution >= 0.6 is 0 Å². The van der Waals surface area contributed by atoms with Crippen LogP contribution in [-0.2, 0) is 0 Å². The Balaban J connectivity index is 2.09. The largest absolute Gasteiger partial charge is 0.476 e. The van der Waals surface area contributed by atoms with E-state index < -0.39 is 12.0 Å². The molecule has 0 spiro atoms. The van der Waals surface area contributed by atoms with Gasteiger partial charge in [-0.05, 0) is 18.2 Å². The monoisotopic (exact) mass is 259 g/mol. The molecule has 0 aliphatic rings. The summed E-state index contributed by atoms with van der Waals surface area (Å²) >= 11 is 0. The number of hydrogen-bond donors (Lipinski definition) is 3. The Kier molecular flexibility index (Phi) is 3.62. The van der Waals surface area contributed by atoms with E-state index in [0.29, 0.717) is 0 Å². The van der Waals surface area contributed by atoms with Gasteiger partial charge in [0.15, 0.2) is 5.69 Å². The SMILES string of the molecule is O=C(Nc1ncccn1)Nc1cccnc1C(=O)O. The van der Waals surface area contributed by atoms with Gasteiger partial charge in [-0.15, -0.1) is 0 Å². The zero-order valence-corrected chi connectivity index (χ0v) is 9.57. The number of aromatic nitrogens is 3. The number of nitrogens with one attached hydrogen (secondary N) is 2. The number of pyridine rings is 1. The molecule has 19 heavy (non-hydrogen) atoms. The molecule has 0 saturated heterocycles. The minimum absolute atomic E-state index is 0.0865. The van der Waals surface area contributed by atoms with Crippen molar-refractivity contribution >= 4 is 23.6 Å². The third-order valence-electron chi connectivity index (χ3n) is 2.05. The number of urea groups is 1. The molecule has 8 nitrogen and oxygen atoms in total. The lowest BCUT2D eigenvalue weighted by Gasteiger charge is -2.07. The van der Waals surface area contributed by atoms with Crippen LogP contribution in [0.15, 0.2) is 36.8 Å². The number of hydrogen-bond acceptors (Lipinski definition) is 5. The van der Waals surface area contributed by atoms with Gasteiger partial charge >= 0.3 is 12.0 Å².